The second kappa shape index (κ2) is 6.57. The van der Waals surface area contributed by atoms with Crippen LogP contribution in [0.3, 0.4) is 0 Å². The third-order valence-electron chi connectivity index (χ3n) is 2.58. The third-order valence-corrected chi connectivity index (χ3v) is 3.89. The predicted molar refractivity (Wildman–Crippen MR) is 76.2 cm³/mol. The Bertz CT molecular complexity index is 510. The lowest BCUT2D eigenvalue weighted by Gasteiger charge is -2.05. The van der Waals surface area contributed by atoms with Crippen LogP contribution in [0, 0.1) is 0 Å². The summed E-state index contributed by atoms with van der Waals surface area (Å²) in [5, 5.41) is 5.59. The standard InChI is InChI=1S/C14H14ClNOS/c15-13-6-2-1-4-11(13)10-14(17)16-8-7-12-5-3-9-18-12/h1-6,9H,7-8,10H2,(H,16,17). The van der Waals surface area contributed by atoms with Crippen LogP contribution < -0.4 is 5.32 Å². The minimum atomic E-state index is 0.0136. The first kappa shape index (κ1) is 13.1. The smallest absolute Gasteiger partial charge is 0.224 e. The van der Waals surface area contributed by atoms with Gasteiger partial charge >= 0.3 is 0 Å². The van der Waals surface area contributed by atoms with Gasteiger partial charge in [-0.15, -0.1) is 11.3 Å². The van der Waals surface area contributed by atoms with Gasteiger partial charge < -0.3 is 5.32 Å². The summed E-state index contributed by atoms with van der Waals surface area (Å²) in [4.78, 5) is 13.0. The summed E-state index contributed by atoms with van der Waals surface area (Å²) in [5.41, 5.74) is 0.868. The van der Waals surface area contributed by atoms with Gasteiger partial charge in [0.25, 0.3) is 0 Å². The molecule has 18 heavy (non-hydrogen) atoms. The van der Waals surface area contributed by atoms with Gasteiger partial charge in [0.05, 0.1) is 6.42 Å². The molecule has 4 heteroatoms. The van der Waals surface area contributed by atoms with Crippen molar-refractivity contribution in [3.63, 3.8) is 0 Å². The molecule has 0 spiro atoms. The van der Waals surface area contributed by atoms with E-state index < -0.39 is 0 Å². The van der Waals surface area contributed by atoms with E-state index in [4.69, 9.17) is 11.6 Å². The van der Waals surface area contributed by atoms with Gasteiger partial charge in [-0.3, -0.25) is 4.79 Å². The third kappa shape index (κ3) is 3.86. The molecule has 2 aromatic rings. The van der Waals surface area contributed by atoms with Gasteiger partial charge in [0.2, 0.25) is 5.91 Å². The van der Waals surface area contributed by atoms with Crippen LogP contribution in [-0.4, -0.2) is 12.5 Å². The SMILES string of the molecule is O=C(Cc1ccccc1Cl)NCCc1cccs1. The highest BCUT2D eigenvalue weighted by atomic mass is 35.5. The number of carbonyl (C=O) groups excluding carboxylic acids is 1. The maximum atomic E-state index is 11.7. The molecule has 0 unspecified atom stereocenters. The molecule has 2 rings (SSSR count). The monoisotopic (exact) mass is 279 g/mol. The molecule has 0 aliphatic carbocycles. The number of carbonyl (C=O) groups is 1. The summed E-state index contributed by atoms with van der Waals surface area (Å²) in [6, 6.07) is 11.5. The van der Waals surface area contributed by atoms with Gasteiger partial charge in [-0.05, 0) is 29.5 Å². The number of hydrogen-bond acceptors (Lipinski definition) is 2. The maximum Gasteiger partial charge on any atom is 0.224 e. The Hall–Kier alpha value is -1.32. The quantitative estimate of drug-likeness (QED) is 0.894. The molecule has 0 fully saturated rings. The van der Waals surface area contributed by atoms with Crippen molar-refractivity contribution in [3.05, 3.63) is 57.2 Å². The van der Waals surface area contributed by atoms with Gasteiger partial charge in [-0.2, -0.15) is 0 Å². The molecule has 1 amide bonds. The van der Waals surface area contributed by atoms with E-state index in [-0.39, 0.29) is 5.91 Å². The summed E-state index contributed by atoms with van der Waals surface area (Å²) in [6.07, 6.45) is 1.22. The Morgan fingerprint density at radius 3 is 2.78 bits per heavy atom. The highest BCUT2D eigenvalue weighted by Gasteiger charge is 2.05. The number of hydrogen-bond donors (Lipinski definition) is 1. The number of halogens is 1. The van der Waals surface area contributed by atoms with Gasteiger partial charge in [0, 0.05) is 16.4 Å². The summed E-state index contributed by atoms with van der Waals surface area (Å²) in [6.45, 7) is 0.670. The summed E-state index contributed by atoms with van der Waals surface area (Å²) < 4.78 is 0. The van der Waals surface area contributed by atoms with Crippen molar-refractivity contribution in [2.24, 2.45) is 0 Å². The normalized spacial score (nSPS) is 10.3. The molecular weight excluding hydrogens is 266 g/mol. The minimum absolute atomic E-state index is 0.0136. The fourth-order valence-corrected chi connectivity index (χ4v) is 2.57. The number of thiophene rings is 1. The van der Waals surface area contributed by atoms with Crippen LogP contribution in [0.1, 0.15) is 10.4 Å². The van der Waals surface area contributed by atoms with E-state index in [0.29, 0.717) is 18.0 Å². The molecule has 1 N–H and O–H groups in total. The van der Waals surface area contributed by atoms with Crippen LogP contribution in [-0.2, 0) is 17.6 Å². The number of rotatable bonds is 5. The number of amides is 1. The van der Waals surface area contributed by atoms with Crippen LogP contribution in [0.15, 0.2) is 41.8 Å². The highest BCUT2D eigenvalue weighted by Crippen LogP contribution is 2.15. The Morgan fingerprint density at radius 2 is 2.06 bits per heavy atom. The predicted octanol–water partition coefficient (Wildman–Crippen LogP) is 3.30. The number of nitrogens with one attached hydrogen (secondary N) is 1. The number of benzene rings is 1. The Morgan fingerprint density at radius 1 is 1.22 bits per heavy atom. The van der Waals surface area contributed by atoms with Gasteiger partial charge in [-0.1, -0.05) is 35.9 Å². The Labute approximate surface area is 116 Å². The van der Waals surface area contributed by atoms with E-state index in [1.165, 1.54) is 4.88 Å². The Balaban J connectivity index is 1.77. The molecule has 0 saturated heterocycles. The fraction of sp³-hybridized carbons (Fsp3) is 0.214. The van der Waals surface area contributed by atoms with Crippen LogP contribution >= 0.6 is 22.9 Å². The maximum absolute atomic E-state index is 11.7. The van der Waals surface area contributed by atoms with E-state index in [9.17, 15) is 4.79 Å². The lowest BCUT2D eigenvalue weighted by molar-refractivity contribution is -0.120. The van der Waals surface area contributed by atoms with E-state index >= 15 is 0 Å². The molecule has 0 radical (unpaired) electrons. The lowest BCUT2D eigenvalue weighted by atomic mass is 10.1. The zero-order chi connectivity index (χ0) is 12.8. The summed E-state index contributed by atoms with van der Waals surface area (Å²) >= 11 is 7.71. The summed E-state index contributed by atoms with van der Waals surface area (Å²) in [7, 11) is 0. The molecule has 1 aromatic heterocycles. The first-order valence-corrected chi connectivity index (χ1v) is 7.04. The molecule has 94 valence electrons. The molecule has 2 nitrogen and oxygen atoms in total. The summed E-state index contributed by atoms with van der Waals surface area (Å²) in [5.74, 6) is 0.0136. The molecule has 0 aliphatic heterocycles. The van der Waals surface area contributed by atoms with Gasteiger partial charge in [0.15, 0.2) is 0 Å². The van der Waals surface area contributed by atoms with Crippen LogP contribution in [0.25, 0.3) is 0 Å². The molecule has 0 aliphatic rings. The molecular formula is C14H14ClNOS. The average molecular weight is 280 g/mol. The molecule has 0 bridgehead atoms. The lowest BCUT2D eigenvalue weighted by Crippen LogP contribution is -2.27. The van der Waals surface area contributed by atoms with Crippen LogP contribution in [0.4, 0.5) is 0 Å². The Kier molecular flexibility index (Phi) is 4.79. The fourth-order valence-electron chi connectivity index (χ4n) is 1.66. The van der Waals surface area contributed by atoms with Gasteiger partial charge in [0.1, 0.15) is 0 Å². The highest BCUT2D eigenvalue weighted by molar-refractivity contribution is 7.09. The minimum Gasteiger partial charge on any atom is -0.355 e. The van der Waals surface area contributed by atoms with E-state index in [2.05, 4.69) is 11.4 Å². The van der Waals surface area contributed by atoms with Gasteiger partial charge in [-0.25, -0.2) is 0 Å². The van der Waals surface area contributed by atoms with E-state index in [0.717, 1.165) is 12.0 Å². The first-order valence-electron chi connectivity index (χ1n) is 5.78. The average Bonchev–Trinajstić information content (AvgIpc) is 2.85. The van der Waals surface area contributed by atoms with Crippen molar-refractivity contribution in [1.29, 1.82) is 0 Å². The second-order valence-electron chi connectivity index (χ2n) is 3.95. The second-order valence-corrected chi connectivity index (χ2v) is 5.39. The van der Waals surface area contributed by atoms with Crippen LogP contribution in [0.5, 0.6) is 0 Å². The van der Waals surface area contributed by atoms with Crippen molar-refractivity contribution >= 4 is 28.8 Å². The molecule has 0 atom stereocenters. The first-order chi connectivity index (χ1) is 8.75. The zero-order valence-corrected chi connectivity index (χ0v) is 11.4. The molecule has 1 heterocycles. The van der Waals surface area contributed by atoms with Crippen molar-refractivity contribution < 1.29 is 4.79 Å². The van der Waals surface area contributed by atoms with Crippen molar-refractivity contribution in [2.45, 2.75) is 12.8 Å². The molecule has 1 aromatic carbocycles. The largest absolute Gasteiger partial charge is 0.355 e. The topological polar surface area (TPSA) is 29.1 Å². The van der Waals surface area contributed by atoms with E-state index in [1.54, 1.807) is 17.4 Å². The van der Waals surface area contributed by atoms with Crippen LogP contribution in [0.2, 0.25) is 5.02 Å². The van der Waals surface area contributed by atoms with Crippen molar-refractivity contribution in [2.75, 3.05) is 6.54 Å². The van der Waals surface area contributed by atoms with Crippen molar-refractivity contribution in [1.82, 2.24) is 5.32 Å². The zero-order valence-electron chi connectivity index (χ0n) is 9.86. The molecule has 0 saturated carbocycles. The van der Waals surface area contributed by atoms with E-state index in [1.807, 2.05) is 29.6 Å². The van der Waals surface area contributed by atoms with Crippen molar-refractivity contribution in [3.8, 4) is 0 Å².